The summed E-state index contributed by atoms with van der Waals surface area (Å²) in [5.41, 5.74) is 1.52. The normalized spacial score (nSPS) is 20.0. The number of hydrogen-bond acceptors (Lipinski definition) is 4. The molecule has 0 radical (unpaired) electrons. The van der Waals surface area contributed by atoms with Gasteiger partial charge in [0.25, 0.3) is 0 Å². The van der Waals surface area contributed by atoms with E-state index in [9.17, 15) is 0 Å². The van der Waals surface area contributed by atoms with Crippen molar-refractivity contribution in [3.8, 4) is 0 Å². The summed E-state index contributed by atoms with van der Waals surface area (Å²) in [6.07, 6.45) is 3.83. The smallest absolute Gasteiger partial charge is 0.0502 e. The molecule has 0 amide bonds. The van der Waals surface area contributed by atoms with Gasteiger partial charge in [-0.1, -0.05) is 6.92 Å². The first kappa shape index (κ1) is 16.9. The van der Waals surface area contributed by atoms with Gasteiger partial charge in [0.15, 0.2) is 0 Å². The van der Waals surface area contributed by atoms with Crippen LogP contribution in [0.15, 0.2) is 6.07 Å². The minimum absolute atomic E-state index is 0.716. The molecule has 4 heteroatoms. The third-order valence-electron chi connectivity index (χ3n) is 4.20. The summed E-state index contributed by atoms with van der Waals surface area (Å²) >= 11 is 1.95. The van der Waals surface area contributed by atoms with Crippen LogP contribution in [0.1, 0.15) is 41.5 Å². The van der Waals surface area contributed by atoms with E-state index in [2.05, 4.69) is 30.1 Å². The minimum Gasteiger partial charge on any atom is -0.384 e. The van der Waals surface area contributed by atoms with Crippen LogP contribution in [0.3, 0.4) is 0 Å². The average Bonchev–Trinajstić information content (AvgIpc) is 2.80. The number of nitrogens with zero attached hydrogens (tertiary/aromatic N) is 1. The Bertz CT molecular complexity index is 417. The van der Waals surface area contributed by atoms with Gasteiger partial charge in [-0.3, -0.25) is 4.90 Å². The standard InChI is InChI=1S/C17H30N2OS/c1-4-7-18-10-17-9-16(14(2)21-17)12-19-8-5-6-15(11-19)13-20-3/h9,15,18H,4-8,10-13H2,1-3H3. The van der Waals surface area contributed by atoms with Crippen molar-refractivity contribution in [1.82, 2.24) is 10.2 Å². The summed E-state index contributed by atoms with van der Waals surface area (Å²) in [5.74, 6) is 0.716. The second-order valence-electron chi connectivity index (χ2n) is 6.17. The number of piperidine rings is 1. The van der Waals surface area contributed by atoms with Gasteiger partial charge in [-0.15, -0.1) is 11.3 Å². The lowest BCUT2D eigenvalue weighted by atomic mass is 9.98. The largest absolute Gasteiger partial charge is 0.384 e. The number of likely N-dealkylation sites (tertiary alicyclic amines) is 1. The second-order valence-corrected chi connectivity index (χ2v) is 7.51. The molecule has 1 N–H and O–H groups in total. The predicted molar refractivity (Wildman–Crippen MR) is 90.9 cm³/mol. The molecule has 1 aliphatic rings. The highest BCUT2D eigenvalue weighted by molar-refractivity contribution is 7.12. The Hall–Kier alpha value is -0.420. The lowest BCUT2D eigenvalue weighted by Crippen LogP contribution is -2.36. The van der Waals surface area contributed by atoms with Crippen molar-refractivity contribution < 1.29 is 4.74 Å². The molecule has 2 rings (SSSR count). The fourth-order valence-corrected chi connectivity index (χ4v) is 4.15. The Morgan fingerprint density at radius 2 is 2.33 bits per heavy atom. The van der Waals surface area contributed by atoms with E-state index in [-0.39, 0.29) is 0 Å². The highest BCUT2D eigenvalue weighted by Crippen LogP contribution is 2.25. The van der Waals surface area contributed by atoms with E-state index in [1.165, 1.54) is 47.7 Å². The van der Waals surface area contributed by atoms with E-state index >= 15 is 0 Å². The Morgan fingerprint density at radius 1 is 1.48 bits per heavy atom. The number of nitrogens with one attached hydrogen (secondary N) is 1. The van der Waals surface area contributed by atoms with Crippen molar-refractivity contribution in [3.05, 3.63) is 21.4 Å². The molecule has 1 fully saturated rings. The topological polar surface area (TPSA) is 24.5 Å². The lowest BCUT2D eigenvalue weighted by molar-refractivity contribution is 0.0873. The molecule has 0 bridgehead atoms. The molecule has 2 heterocycles. The Labute approximate surface area is 133 Å². The van der Waals surface area contributed by atoms with Crippen LogP contribution in [0.4, 0.5) is 0 Å². The summed E-state index contributed by atoms with van der Waals surface area (Å²) in [7, 11) is 1.82. The van der Waals surface area contributed by atoms with Gasteiger partial charge >= 0.3 is 0 Å². The molecule has 0 spiro atoms. The minimum atomic E-state index is 0.716. The first-order valence-electron chi connectivity index (χ1n) is 8.23. The number of hydrogen-bond donors (Lipinski definition) is 1. The number of rotatable bonds is 8. The second kappa shape index (κ2) is 8.89. The summed E-state index contributed by atoms with van der Waals surface area (Å²) in [5, 5.41) is 3.50. The zero-order valence-corrected chi connectivity index (χ0v) is 14.6. The van der Waals surface area contributed by atoms with E-state index in [0.29, 0.717) is 5.92 Å². The molecule has 0 aromatic carbocycles. The summed E-state index contributed by atoms with van der Waals surface area (Å²) < 4.78 is 5.33. The van der Waals surface area contributed by atoms with Crippen molar-refractivity contribution in [2.24, 2.45) is 5.92 Å². The van der Waals surface area contributed by atoms with Crippen LogP contribution in [0.5, 0.6) is 0 Å². The zero-order chi connectivity index (χ0) is 15.1. The molecular formula is C17H30N2OS. The van der Waals surface area contributed by atoms with Crippen LogP contribution in [-0.2, 0) is 17.8 Å². The number of thiophene rings is 1. The van der Waals surface area contributed by atoms with Crippen molar-refractivity contribution in [2.45, 2.75) is 46.2 Å². The third kappa shape index (κ3) is 5.37. The van der Waals surface area contributed by atoms with Gasteiger partial charge in [0.2, 0.25) is 0 Å². The molecule has 1 atom stereocenters. The van der Waals surface area contributed by atoms with Crippen molar-refractivity contribution in [2.75, 3.05) is 33.4 Å². The quantitative estimate of drug-likeness (QED) is 0.745. The van der Waals surface area contributed by atoms with E-state index in [0.717, 1.165) is 26.2 Å². The maximum atomic E-state index is 5.33. The van der Waals surface area contributed by atoms with Crippen LogP contribution >= 0.6 is 11.3 Å². The van der Waals surface area contributed by atoms with Crippen molar-refractivity contribution >= 4 is 11.3 Å². The molecular weight excluding hydrogens is 280 g/mol. The molecule has 1 saturated heterocycles. The van der Waals surface area contributed by atoms with Gasteiger partial charge in [0.1, 0.15) is 0 Å². The molecule has 0 aliphatic carbocycles. The van der Waals surface area contributed by atoms with Gasteiger partial charge in [-0.25, -0.2) is 0 Å². The first-order chi connectivity index (χ1) is 10.2. The fraction of sp³-hybridized carbons (Fsp3) is 0.765. The van der Waals surface area contributed by atoms with E-state index in [1.54, 1.807) is 0 Å². The highest BCUT2D eigenvalue weighted by atomic mass is 32.1. The van der Waals surface area contributed by atoms with E-state index in [4.69, 9.17) is 4.74 Å². The highest BCUT2D eigenvalue weighted by Gasteiger charge is 2.20. The maximum absolute atomic E-state index is 5.33. The van der Waals surface area contributed by atoms with Crippen LogP contribution in [0.2, 0.25) is 0 Å². The van der Waals surface area contributed by atoms with Gasteiger partial charge in [0, 0.05) is 36.5 Å². The SMILES string of the molecule is CCCNCc1cc(CN2CCCC(COC)C2)c(C)s1. The molecule has 1 unspecified atom stereocenters. The van der Waals surface area contributed by atoms with Gasteiger partial charge in [-0.05, 0) is 56.8 Å². The van der Waals surface area contributed by atoms with E-state index < -0.39 is 0 Å². The summed E-state index contributed by atoms with van der Waals surface area (Å²) in [4.78, 5) is 5.56. The van der Waals surface area contributed by atoms with Gasteiger partial charge < -0.3 is 10.1 Å². The molecule has 120 valence electrons. The fourth-order valence-electron chi connectivity index (χ4n) is 3.13. The Morgan fingerprint density at radius 3 is 3.10 bits per heavy atom. The van der Waals surface area contributed by atoms with E-state index in [1.807, 2.05) is 18.4 Å². The van der Waals surface area contributed by atoms with Crippen LogP contribution in [-0.4, -0.2) is 38.3 Å². The number of aryl methyl sites for hydroxylation is 1. The first-order valence-corrected chi connectivity index (χ1v) is 9.04. The predicted octanol–water partition coefficient (Wildman–Crippen LogP) is 3.41. The van der Waals surface area contributed by atoms with Crippen molar-refractivity contribution in [3.63, 3.8) is 0 Å². The molecule has 21 heavy (non-hydrogen) atoms. The zero-order valence-electron chi connectivity index (χ0n) is 13.8. The monoisotopic (exact) mass is 310 g/mol. The van der Waals surface area contributed by atoms with Crippen LogP contribution in [0.25, 0.3) is 0 Å². The molecule has 1 aromatic heterocycles. The third-order valence-corrected chi connectivity index (χ3v) is 5.29. The molecule has 1 aliphatic heterocycles. The lowest BCUT2D eigenvalue weighted by Gasteiger charge is -2.32. The number of methoxy groups -OCH3 is 1. The average molecular weight is 311 g/mol. The van der Waals surface area contributed by atoms with Gasteiger partial charge in [-0.2, -0.15) is 0 Å². The molecule has 1 aromatic rings. The van der Waals surface area contributed by atoms with Crippen molar-refractivity contribution in [1.29, 1.82) is 0 Å². The Balaban J connectivity index is 1.86. The Kier molecular flexibility index (Phi) is 7.17. The summed E-state index contributed by atoms with van der Waals surface area (Å²) in [6.45, 7) is 11.0. The van der Waals surface area contributed by atoms with Gasteiger partial charge in [0.05, 0.1) is 6.61 Å². The van der Waals surface area contributed by atoms with Crippen LogP contribution in [0, 0.1) is 12.8 Å². The number of ether oxygens (including phenoxy) is 1. The molecule has 0 saturated carbocycles. The molecule has 3 nitrogen and oxygen atoms in total. The maximum Gasteiger partial charge on any atom is 0.0502 e. The van der Waals surface area contributed by atoms with Crippen LogP contribution < -0.4 is 5.32 Å². The summed E-state index contributed by atoms with van der Waals surface area (Å²) in [6, 6.07) is 2.41.